The van der Waals surface area contributed by atoms with Crippen LogP contribution in [0.25, 0.3) is 6.08 Å². The number of ketones is 1. The minimum atomic E-state index is -0.101. The smallest absolute Gasteiger partial charge is 0.185 e. The van der Waals surface area contributed by atoms with Crippen molar-refractivity contribution in [1.82, 2.24) is 0 Å². The highest BCUT2D eigenvalue weighted by Gasteiger charge is 2.14. The van der Waals surface area contributed by atoms with E-state index in [2.05, 4.69) is 24.3 Å². The third-order valence-corrected chi connectivity index (χ3v) is 5.02. The molecular weight excluding hydrogens is 339 g/mol. The molecule has 0 amide bonds. The summed E-state index contributed by atoms with van der Waals surface area (Å²) >= 11 is 11.9. The monoisotopic (exact) mass is 358 g/mol. The molecule has 124 valence electrons. The molecule has 3 rings (SSSR count). The highest BCUT2D eigenvalue weighted by molar-refractivity contribution is 6.35. The fourth-order valence-electron chi connectivity index (χ4n) is 3.28. The van der Waals surface area contributed by atoms with Crippen LogP contribution in [0, 0.1) is 0 Å². The normalized spacial score (nSPS) is 15.8. The van der Waals surface area contributed by atoms with Gasteiger partial charge in [0.25, 0.3) is 0 Å². The Bertz CT molecular complexity index is 721. The number of halogens is 2. The number of allylic oxidation sites excluding steroid dienone is 1. The van der Waals surface area contributed by atoms with Gasteiger partial charge in [-0.3, -0.25) is 4.79 Å². The minimum Gasteiger partial charge on any atom is -0.289 e. The molecule has 1 aliphatic carbocycles. The maximum Gasteiger partial charge on any atom is 0.185 e. The molecular formula is C21H20Cl2O. The molecule has 0 heterocycles. The van der Waals surface area contributed by atoms with E-state index in [1.807, 2.05) is 6.08 Å². The van der Waals surface area contributed by atoms with Gasteiger partial charge in [-0.1, -0.05) is 72.8 Å². The van der Waals surface area contributed by atoms with E-state index in [0.717, 1.165) is 5.56 Å². The van der Waals surface area contributed by atoms with Crippen molar-refractivity contribution in [3.8, 4) is 0 Å². The lowest BCUT2D eigenvalue weighted by molar-refractivity contribution is 0.104. The van der Waals surface area contributed by atoms with E-state index in [1.54, 1.807) is 24.3 Å². The molecule has 3 heteroatoms. The van der Waals surface area contributed by atoms with Crippen molar-refractivity contribution in [3.05, 3.63) is 75.3 Å². The Balaban J connectivity index is 1.68. The Morgan fingerprint density at radius 2 is 1.54 bits per heavy atom. The molecule has 0 N–H and O–H groups in total. The van der Waals surface area contributed by atoms with E-state index in [1.165, 1.54) is 37.7 Å². The van der Waals surface area contributed by atoms with Gasteiger partial charge in [-0.2, -0.15) is 0 Å². The first-order valence-corrected chi connectivity index (χ1v) is 9.16. The molecule has 0 radical (unpaired) electrons. The fourth-order valence-corrected chi connectivity index (χ4v) is 3.81. The van der Waals surface area contributed by atoms with E-state index in [9.17, 15) is 4.79 Å². The van der Waals surface area contributed by atoms with Crippen LogP contribution in [0.3, 0.4) is 0 Å². The zero-order valence-electron chi connectivity index (χ0n) is 13.5. The number of carbonyl (C=O) groups excluding carboxylic acids is 1. The van der Waals surface area contributed by atoms with Gasteiger partial charge >= 0.3 is 0 Å². The first-order valence-electron chi connectivity index (χ1n) is 8.40. The summed E-state index contributed by atoms with van der Waals surface area (Å²) in [6, 6.07) is 13.4. The number of rotatable bonds is 4. The lowest BCUT2D eigenvalue weighted by atomic mass is 9.84. The predicted molar refractivity (Wildman–Crippen MR) is 102 cm³/mol. The molecule has 0 bridgehead atoms. The molecule has 1 saturated carbocycles. The van der Waals surface area contributed by atoms with Gasteiger partial charge in [-0.15, -0.1) is 0 Å². The number of carbonyl (C=O) groups is 1. The van der Waals surface area contributed by atoms with Crippen LogP contribution in [0.4, 0.5) is 0 Å². The average Bonchev–Trinajstić information content (AvgIpc) is 2.60. The number of benzene rings is 2. The fraction of sp³-hybridized carbons (Fsp3) is 0.286. The molecule has 0 spiro atoms. The minimum absolute atomic E-state index is 0.101. The van der Waals surface area contributed by atoms with Crippen LogP contribution in [-0.2, 0) is 0 Å². The Morgan fingerprint density at radius 1 is 0.917 bits per heavy atom. The Kier molecular flexibility index (Phi) is 5.76. The molecule has 1 fully saturated rings. The van der Waals surface area contributed by atoms with Crippen molar-refractivity contribution in [2.75, 3.05) is 0 Å². The topological polar surface area (TPSA) is 17.1 Å². The summed E-state index contributed by atoms with van der Waals surface area (Å²) in [6.07, 6.45) is 10.0. The summed E-state index contributed by atoms with van der Waals surface area (Å²) < 4.78 is 0. The van der Waals surface area contributed by atoms with Gasteiger partial charge in [0.1, 0.15) is 0 Å². The average molecular weight is 359 g/mol. The zero-order chi connectivity index (χ0) is 16.9. The van der Waals surface area contributed by atoms with Gasteiger partial charge < -0.3 is 0 Å². The van der Waals surface area contributed by atoms with Gasteiger partial charge in [0.15, 0.2) is 5.78 Å². The second-order valence-electron chi connectivity index (χ2n) is 6.36. The van der Waals surface area contributed by atoms with E-state index in [-0.39, 0.29) is 5.78 Å². The maximum absolute atomic E-state index is 12.2. The second kappa shape index (κ2) is 8.00. The van der Waals surface area contributed by atoms with E-state index >= 15 is 0 Å². The van der Waals surface area contributed by atoms with Gasteiger partial charge in [0.05, 0.1) is 0 Å². The maximum atomic E-state index is 12.2. The lowest BCUT2D eigenvalue weighted by Gasteiger charge is -2.21. The molecule has 2 aromatic rings. The van der Waals surface area contributed by atoms with Crippen molar-refractivity contribution in [1.29, 1.82) is 0 Å². The lowest BCUT2D eigenvalue weighted by Crippen LogP contribution is -2.04. The van der Waals surface area contributed by atoms with Gasteiger partial charge in [-0.05, 0) is 54.2 Å². The van der Waals surface area contributed by atoms with Crippen molar-refractivity contribution >= 4 is 35.1 Å². The van der Waals surface area contributed by atoms with Gasteiger partial charge in [-0.25, -0.2) is 0 Å². The first-order chi connectivity index (χ1) is 11.6. The third-order valence-electron chi connectivity index (χ3n) is 4.59. The van der Waals surface area contributed by atoms with Crippen molar-refractivity contribution < 1.29 is 4.79 Å². The molecule has 2 aromatic carbocycles. The Morgan fingerprint density at radius 3 is 2.17 bits per heavy atom. The predicted octanol–water partition coefficient (Wildman–Crippen LogP) is 6.94. The highest BCUT2D eigenvalue weighted by Crippen LogP contribution is 2.32. The number of hydrogen-bond donors (Lipinski definition) is 0. The van der Waals surface area contributed by atoms with Crippen molar-refractivity contribution in [2.24, 2.45) is 0 Å². The summed E-state index contributed by atoms with van der Waals surface area (Å²) in [4.78, 5) is 12.2. The zero-order valence-corrected chi connectivity index (χ0v) is 15.0. The largest absolute Gasteiger partial charge is 0.289 e. The van der Waals surface area contributed by atoms with Crippen LogP contribution in [0.2, 0.25) is 10.0 Å². The summed E-state index contributed by atoms with van der Waals surface area (Å²) in [5, 5.41) is 0.937. The summed E-state index contributed by atoms with van der Waals surface area (Å²) in [5.74, 6) is 0.600. The molecule has 0 aliphatic heterocycles. The standard InChI is InChI=1S/C21H20Cl2O/c22-19-12-18(13-20(23)14-19)21(24)11-8-15-6-9-17(10-7-15)16-4-2-1-3-5-16/h6-14,16H,1-5H2/b11-8+. The molecule has 1 aliphatic rings. The van der Waals surface area contributed by atoms with Crippen molar-refractivity contribution in [2.45, 2.75) is 38.0 Å². The molecule has 0 unspecified atom stereocenters. The molecule has 0 atom stereocenters. The van der Waals surface area contributed by atoms with E-state index in [4.69, 9.17) is 23.2 Å². The van der Waals surface area contributed by atoms with Crippen LogP contribution in [-0.4, -0.2) is 5.78 Å². The van der Waals surface area contributed by atoms with Crippen LogP contribution < -0.4 is 0 Å². The van der Waals surface area contributed by atoms with Crippen LogP contribution in [0.1, 0.15) is 59.5 Å². The SMILES string of the molecule is O=C(/C=C/c1ccc(C2CCCCC2)cc1)c1cc(Cl)cc(Cl)c1. The highest BCUT2D eigenvalue weighted by atomic mass is 35.5. The summed E-state index contributed by atoms with van der Waals surface area (Å²) in [5.41, 5.74) is 2.94. The molecule has 24 heavy (non-hydrogen) atoms. The van der Waals surface area contributed by atoms with E-state index < -0.39 is 0 Å². The van der Waals surface area contributed by atoms with Crippen LogP contribution in [0.5, 0.6) is 0 Å². The molecule has 1 nitrogen and oxygen atoms in total. The quantitative estimate of drug-likeness (QED) is 0.427. The van der Waals surface area contributed by atoms with Crippen molar-refractivity contribution in [3.63, 3.8) is 0 Å². The third kappa shape index (κ3) is 4.49. The van der Waals surface area contributed by atoms with E-state index in [0.29, 0.717) is 21.5 Å². The summed E-state index contributed by atoms with van der Waals surface area (Å²) in [7, 11) is 0. The van der Waals surface area contributed by atoms with Gasteiger partial charge in [0.2, 0.25) is 0 Å². The Hall–Kier alpha value is -1.57. The van der Waals surface area contributed by atoms with Crippen LogP contribution >= 0.6 is 23.2 Å². The number of hydrogen-bond acceptors (Lipinski definition) is 1. The summed E-state index contributed by atoms with van der Waals surface area (Å²) in [6.45, 7) is 0. The first kappa shape index (κ1) is 17.3. The molecule has 0 saturated heterocycles. The van der Waals surface area contributed by atoms with Crippen LogP contribution in [0.15, 0.2) is 48.5 Å². The second-order valence-corrected chi connectivity index (χ2v) is 7.23. The molecule has 0 aromatic heterocycles. The van der Waals surface area contributed by atoms with Gasteiger partial charge in [0, 0.05) is 15.6 Å². The Labute approximate surface area is 153 Å².